The number of halogens is 3. The molecule has 0 saturated heterocycles. The Hall–Kier alpha value is -3.04. The first-order chi connectivity index (χ1) is 14.0. The van der Waals surface area contributed by atoms with Gasteiger partial charge in [0, 0.05) is 31.4 Å². The molecule has 0 bridgehead atoms. The second-order valence-corrected chi connectivity index (χ2v) is 7.38. The van der Waals surface area contributed by atoms with Crippen LogP contribution in [-0.2, 0) is 23.9 Å². The molecule has 0 saturated carbocycles. The van der Waals surface area contributed by atoms with Gasteiger partial charge in [0.1, 0.15) is 6.04 Å². The van der Waals surface area contributed by atoms with Crippen molar-refractivity contribution in [3.05, 3.63) is 53.6 Å². The summed E-state index contributed by atoms with van der Waals surface area (Å²) in [4.78, 5) is 28.0. The summed E-state index contributed by atoms with van der Waals surface area (Å²) >= 11 is 0. The van der Waals surface area contributed by atoms with E-state index in [1.165, 1.54) is 35.3 Å². The van der Waals surface area contributed by atoms with Gasteiger partial charge in [-0.15, -0.1) is 0 Å². The molecule has 0 aliphatic rings. The van der Waals surface area contributed by atoms with Gasteiger partial charge in [0.05, 0.1) is 11.9 Å². The Kier molecular flexibility index (Phi) is 7.47. The number of carboxylic acids is 1. The zero-order valence-corrected chi connectivity index (χ0v) is 16.6. The highest BCUT2D eigenvalue weighted by Gasteiger charge is 2.33. The minimum atomic E-state index is -4.50. The van der Waals surface area contributed by atoms with Gasteiger partial charge in [0.15, 0.2) is 0 Å². The summed E-state index contributed by atoms with van der Waals surface area (Å²) in [7, 11) is 0. The van der Waals surface area contributed by atoms with E-state index in [-0.39, 0.29) is 37.4 Å². The van der Waals surface area contributed by atoms with Crippen LogP contribution in [0.1, 0.15) is 37.1 Å². The maximum Gasteiger partial charge on any atom is 0.416 e. The SMILES string of the molecule is CC(C)CC(C(=O)O)N(CCc1cncn1Cc1ccccc1C(F)(F)F)C(=O)O. The van der Waals surface area contributed by atoms with Gasteiger partial charge in [0.2, 0.25) is 0 Å². The number of imidazole rings is 1. The molecule has 1 amide bonds. The molecule has 2 rings (SSSR count). The topological polar surface area (TPSA) is 95.7 Å². The molecule has 0 spiro atoms. The summed E-state index contributed by atoms with van der Waals surface area (Å²) in [5.74, 6) is -1.27. The number of carboxylic acid groups (broad SMARTS) is 2. The highest BCUT2D eigenvalue weighted by molar-refractivity contribution is 5.79. The number of hydrogen-bond donors (Lipinski definition) is 2. The molecule has 2 aromatic rings. The van der Waals surface area contributed by atoms with E-state index in [2.05, 4.69) is 4.98 Å². The van der Waals surface area contributed by atoms with Crippen LogP contribution in [0.15, 0.2) is 36.8 Å². The average Bonchev–Trinajstić information content (AvgIpc) is 3.07. The number of alkyl halides is 3. The molecular formula is C20H24F3N3O4. The zero-order chi connectivity index (χ0) is 22.5. The first kappa shape index (κ1) is 23.2. The van der Waals surface area contributed by atoms with Crippen LogP contribution in [0.2, 0.25) is 0 Å². The van der Waals surface area contributed by atoms with Crippen molar-refractivity contribution in [2.75, 3.05) is 6.54 Å². The molecular weight excluding hydrogens is 403 g/mol. The second kappa shape index (κ2) is 9.64. The van der Waals surface area contributed by atoms with Crippen molar-refractivity contribution in [2.45, 2.75) is 45.5 Å². The number of hydrogen-bond acceptors (Lipinski definition) is 3. The lowest BCUT2D eigenvalue weighted by Gasteiger charge is -2.27. The van der Waals surface area contributed by atoms with Crippen LogP contribution in [0.5, 0.6) is 0 Å². The number of rotatable bonds is 9. The van der Waals surface area contributed by atoms with E-state index in [9.17, 15) is 33.0 Å². The summed E-state index contributed by atoms with van der Waals surface area (Å²) < 4.78 is 41.2. The molecule has 10 heteroatoms. The molecule has 1 unspecified atom stereocenters. The summed E-state index contributed by atoms with van der Waals surface area (Å²) in [5, 5.41) is 18.9. The van der Waals surface area contributed by atoms with Crippen LogP contribution in [0, 0.1) is 5.92 Å². The fourth-order valence-corrected chi connectivity index (χ4v) is 3.24. The van der Waals surface area contributed by atoms with Crippen LogP contribution in [-0.4, -0.2) is 49.3 Å². The van der Waals surface area contributed by atoms with E-state index in [1.807, 2.05) is 0 Å². The van der Waals surface area contributed by atoms with Crippen molar-refractivity contribution in [3.63, 3.8) is 0 Å². The van der Waals surface area contributed by atoms with E-state index < -0.39 is 29.8 Å². The highest BCUT2D eigenvalue weighted by Crippen LogP contribution is 2.32. The Morgan fingerprint density at radius 1 is 1.20 bits per heavy atom. The van der Waals surface area contributed by atoms with Gasteiger partial charge >= 0.3 is 18.2 Å². The Labute approximate surface area is 171 Å². The quantitative estimate of drug-likeness (QED) is 0.631. The minimum absolute atomic E-state index is 0.0302. The smallest absolute Gasteiger partial charge is 0.416 e. The maximum absolute atomic E-state index is 13.2. The number of nitrogens with zero attached hydrogens (tertiary/aromatic N) is 3. The van der Waals surface area contributed by atoms with Crippen molar-refractivity contribution < 1.29 is 33.0 Å². The van der Waals surface area contributed by atoms with E-state index >= 15 is 0 Å². The normalized spacial score (nSPS) is 12.7. The molecule has 1 aromatic heterocycles. The van der Waals surface area contributed by atoms with Crippen molar-refractivity contribution in [1.29, 1.82) is 0 Å². The predicted octanol–water partition coefficient (Wildman–Crippen LogP) is 3.97. The Morgan fingerprint density at radius 3 is 2.43 bits per heavy atom. The van der Waals surface area contributed by atoms with Crippen LogP contribution >= 0.6 is 0 Å². The van der Waals surface area contributed by atoms with Gasteiger partial charge in [-0.2, -0.15) is 13.2 Å². The Balaban J connectivity index is 2.19. The van der Waals surface area contributed by atoms with E-state index in [4.69, 9.17) is 0 Å². The Bertz CT molecular complexity index is 880. The van der Waals surface area contributed by atoms with E-state index in [1.54, 1.807) is 13.8 Å². The molecule has 164 valence electrons. The van der Waals surface area contributed by atoms with Gasteiger partial charge in [0.25, 0.3) is 0 Å². The van der Waals surface area contributed by atoms with E-state index in [0.29, 0.717) is 5.69 Å². The van der Waals surface area contributed by atoms with Gasteiger partial charge < -0.3 is 14.8 Å². The monoisotopic (exact) mass is 427 g/mol. The average molecular weight is 427 g/mol. The van der Waals surface area contributed by atoms with Crippen molar-refractivity contribution in [2.24, 2.45) is 5.92 Å². The summed E-state index contributed by atoms with van der Waals surface area (Å²) in [5.41, 5.74) is -0.186. The zero-order valence-electron chi connectivity index (χ0n) is 16.6. The molecule has 0 radical (unpaired) electrons. The third-order valence-electron chi connectivity index (χ3n) is 4.67. The fourth-order valence-electron chi connectivity index (χ4n) is 3.24. The van der Waals surface area contributed by atoms with Crippen LogP contribution in [0.25, 0.3) is 0 Å². The lowest BCUT2D eigenvalue weighted by atomic mass is 10.0. The maximum atomic E-state index is 13.2. The molecule has 7 nitrogen and oxygen atoms in total. The fraction of sp³-hybridized carbons (Fsp3) is 0.450. The van der Waals surface area contributed by atoms with Gasteiger partial charge in [-0.05, 0) is 24.0 Å². The van der Waals surface area contributed by atoms with Crippen molar-refractivity contribution >= 4 is 12.1 Å². The summed E-state index contributed by atoms with van der Waals surface area (Å²) in [6.45, 7) is 3.38. The summed E-state index contributed by atoms with van der Waals surface area (Å²) in [6, 6.07) is 3.99. The van der Waals surface area contributed by atoms with Crippen LogP contribution in [0.4, 0.5) is 18.0 Å². The van der Waals surface area contributed by atoms with E-state index in [0.717, 1.165) is 11.0 Å². The lowest BCUT2D eigenvalue weighted by molar-refractivity contribution is -0.143. The number of aromatic nitrogens is 2. The van der Waals surface area contributed by atoms with Crippen molar-refractivity contribution in [3.8, 4) is 0 Å². The molecule has 1 heterocycles. The minimum Gasteiger partial charge on any atom is -0.480 e. The second-order valence-electron chi connectivity index (χ2n) is 7.38. The van der Waals surface area contributed by atoms with Crippen LogP contribution in [0.3, 0.4) is 0 Å². The first-order valence-corrected chi connectivity index (χ1v) is 9.37. The van der Waals surface area contributed by atoms with Gasteiger partial charge in [-0.25, -0.2) is 14.6 Å². The van der Waals surface area contributed by atoms with Crippen LogP contribution < -0.4 is 0 Å². The van der Waals surface area contributed by atoms with Crippen molar-refractivity contribution in [1.82, 2.24) is 14.5 Å². The number of carbonyl (C=O) groups is 2. The molecule has 1 atom stereocenters. The third-order valence-corrected chi connectivity index (χ3v) is 4.67. The highest BCUT2D eigenvalue weighted by atomic mass is 19.4. The van der Waals surface area contributed by atoms with Gasteiger partial charge in [-0.1, -0.05) is 32.0 Å². The summed E-state index contributed by atoms with van der Waals surface area (Å²) in [6.07, 6.45) is -2.78. The largest absolute Gasteiger partial charge is 0.480 e. The first-order valence-electron chi connectivity index (χ1n) is 9.37. The van der Waals surface area contributed by atoms with Gasteiger partial charge in [-0.3, -0.25) is 4.90 Å². The third kappa shape index (κ3) is 5.98. The molecule has 0 fully saturated rings. The molecule has 0 aliphatic carbocycles. The number of amides is 1. The molecule has 1 aromatic carbocycles. The molecule has 0 aliphatic heterocycles. The Morgan fingerprint density at radius 2 is 1.87 bits per heavy atom. The molecule has 30 heavy (non-hydrogen) atoms. The lowest BCUT2D eigenvalue weighted by Crippen LogP contribution is -2.46. The standard InChI is InChI=1S/C20H24F3N3O4/c1-13(2)9-17(18(27)28)26(19(29)30)8-7-15-10-24-12-25(15)11-14-5-3-4-6-16(14)20(21,22)23/h3-6,10,12-13,17H,7-9,11H2,1-2H3,(H,27,28)(H,29,30). The predicted molar refractivity (Wildman–Crippen MR) is 102 cm³/mol. The molecule has 2 N–H and O–H groups in total. The number of aliphatic carboxylic acids is 1. The number of benzene rings is 1.